The van der Waals surface area contributed by atoms with Gasteiger partial charge in [-0.15, -0.1) is 0 Å². The van der Waals surface area contributed by atoms with Crippen LogP contribution in [0.5, 0.6) is 0 Å². The highest BCUT2D eigenvalue weighted by Gasteiger charge is 2.34. The number of nitriles is 1. The van der Waals surface area contributed by atoms with Crippen molar-refractivity contribution in [3.05, 3.63) is 71.2 Å². The first-order valence-corrected chi connectivity index (χ1v) is 10.8. The Labute approximate surface area is 192 Å². The van der Waals surface area contributed by atoms with Gasteiger partial charge in [0, 0.05) is 38.0 Å². The summed E-state index contributed by atoms with van der Waals surface area (Å²) in [6.45, 7) is 4.73. The molecule has 1 aliphatic heterocycles. The molecule has 2 atom stereocenters. The molecule has 2 N–H and O–H groups in total. The number of halogens is 1. The molecule has 2 amide bonds. The van der Waals surface area contributed by atoms with Crippen molar-refractivity contribution < 1.29 is 13.9 Å². The number of methoxy groups -OCH3 is 1. The quantitative estimate of drug-likeness (QED) is 0.600. The van der Waals surface area contributed by atoms with E-state index in [1.807, 2.05) is 24.3 Å². The van der Waals surface area contributed by atoms with Crippen LogP contribution in [0.2, 0.25) is 0 Å². The lowest BCUT2D eigenvalue weighted by atomic mass is 9.94. The van der Waals surface area contributed by atoms with Gasteiger partial charge in [-0.3, -0.25) is 9.88 Å². The van der Waals surface area contributed by atoms with Gasteiger partial charge in [0.1, 0.15) is 11.9 Å². The molecule has 170 valence electrons. The minimum Gasteiger partial charge on any atom is -0.383 e. The normalized spacial score (nSPS) is 18.2. The van der Waals surface area contributed by atoms with E-state index in [2.05, 4.69) is 32.7 Å². The Hall–Kier alpha value is -3.54. The van der Waals surface area contributed by atoms with E-state index in [4.69, 9.17) is 10.00 Å². The van der Waals surface area contributed by atoms with Gasteiger partial charge in [-0.2, -0.15) is 5.26 Å². The summed E-state index contributed by atoms with van der Waals surface area (Å²) >= 11 is 0. The molecule has 0 spiro atoms. The number of hydrogen-bond donors (Lipinski definition) is 2. The number of amides is 2. The average molecular weight is 448 g/mol. The molecule has 1 saturated heterocycles. The van der Waals surface area contributed by atoms with Crippen LogP contribution in [0.1, 0.15) is 22.7 Å². The van der Waals surface area contributed by atoms with Gasteiger partial charge >= 0.3 is 6.03 Å². The Morgan fingerprint density at radius 2 is 2.06 bits per heavy atom. The zero-order valence-electron chi connectivity index (χ0n) is 18.6. The molecule has 8 heteroatoms. The predicted molar refractivity (Wildman–Crippen MR) is 125 cm³/mol. The molecule has 0 aliphatic carbocycles. The van der Waals surface area contributed by atoms with Gasteiger partial charge in [0.15, 0.2) is 0 Å². The molecule has 0 saturated carbocycles. The first-order chi connectivity index (χ1) is 16.0. The summed E-state index contributed by atoms with van der Waals surface area (Å²) in [5.74, 6) is -0.456. The van der Waals surface area contributed by atoms with Crippen molar-refractivity contribution in [1.82, 2.24) is 15.2 Å². The lowest BCUT2D eigenvalue weighted by Crippen LogP contribution is -2.42. The third kappa shape index (κ3) is 5.11. The molecule has 2 heterocycles. The lowest BCUT2D eigenvalue weighted by molar-refractivity contribution is 0.159. The largest absolute Gasteiger partial charge is 0.383 e. The van der Waals surface area contributed by atoms with Gasteiger partial charge < -0.3 is 15.4 Å². The van der Waals surface area contributed by atoms with Gasteiger partial charge in [-0.05, 0) is 30.7 Å². The Balaban J connectivity index is 1.51. The standard InChI is InChI=1S/C25H26FN5O2/c1-16-22(11-18-10-21(26)19(13-27)12-23(18)28-16)29-25(32)30-24-15-31(8-9-33-2)14-20(24)17-6-4-3-5-7-17/h3-7,10-12,20,24H,8-9,14-15H2,1-2H3,(H2,29,30,32)/t20-,24+/m0/s1. The summed E-state index contributed by atoms with van der Waals surface area (Å²) in [6.07, 6.45) is 0. The number of rotatable bonds is 6. The molecular weight excluding hydrogens is 421 g/mol. The van der Waals surface area contributed by atoms with E-state index in [1.54, 1.807) is 20.1 Å². The van der Waals surface area contributed by atoms with Crippen LogP contribution < -0.4 is 10.6 Å². The summed E-state index contributed by atoms with van der Waals surface area (Å²) in [7, 11) is 1.68. The van der Waals surface area contributed by atoms with Crippen LogP contribution in [0.4, 0.5) is 14.9 Å². The minimum absolute atomic E-state index is 0.0564. The molecule has 0 unspecified atom stereocenters. The van der Waals surface area contributed by atoms with E-state index in [9.17, 15) is 9.18 Å². The first-order valence-electron chi connectivity index (χ1n) is 10.8. The number of aryl methyl sites for hydroxylation is 1. The molecule has 7 nitrogen and oxygen atoms in total. The number of benzene rings is 2. The van der Waals surface area contributed by atoms with Crippen LogP contribution in [-0.2, 0) is 4.74 Å². The maximum Gasteiger partial charge on any atom is 0.319 e. The number of fused-ring (bicyclic) bond motifs is 1. The van der Waals surface area contributed by atoms with Crippen LogP contribution in [0.15, 0.2) is 48.5 Å². The fourth-order valence-corrected chi connectivity index (χ4v) is 4.30. The average Bonchev–Trinajstić information content (AvgIpc) is 3.21. The summed E-state index contributed by atoms with van der Waals surface area (Å²) in [5.41, 5.74) is 2.70. The topological polar surface area (TPSA) is 90.3 Å². The smallest absolute Gasteiger partial charge is 0.319 e. The van der Waals surface area contributed by atoms with E-state index in [1.165, 1.54) is 17.7 Å². The third-order valence-corrected chi connectivity index (χ3v) is 6.01. The molecular formula is C25H26FN5O2. The van der Waals surface area contributed by atoms with E-state index < -0.39 is 5.82 Å². The summed E-state index contributed by atoms with van der Waals surface area (Å²) in [6, 6.07) is 15.9. The van der Waals surface area contributed by atoms with Crippen LogP contribution in [0.3, 0.4) is 0 Å². The van der Waals surface area contributed by atoms with Crippen molar-refractivity contribution in [2.45, 2.75) is 18.9 Å². The number of carbonyl (C=O) groups is 1. The van der Waals surface area contributed by atoms with Crippen molar-refractivity contribution in [3.8, 4) is 6.07 Å². The zero-order valence-corrected chi connectivity index (χ0v) is 18.6. The molecule has 3 aromatic rings. The Morgan fingerprint density at radius 1 is 1.27 bits per heavy atom. The van der Waals surface area contributed by atoms with Crippen molar-refractivity contribution in [1.29, 1.82) is 5.26 Å². The van der Waals surface area contributed by atoms with Gasteiger partial charge in [-0.1, -0.05) is 30.3 Å². The Morgan fingerprint density at radius 3 is 2.79 bits per heavy atom. The second kappa shape index (κ2) is 9.94. The molecule has 33 heavy (non-hydrogen) atoms. The molecule has 4 rings (SSSR count). The van der Waals surface area contributed by atoms with Crippen LogP contribution in [0.25, 0.3) is 10.9 Å². The van der Waals surface area contributed by atoms with Crippen LogP contribution in [-0.4, -0.2) is 55.3 Å². The number of likely N-dealkylation sites (tertiary alicyclic amines) is 1. The minimum atomic E-state index is -0.612. The number of urea groups is 1. The van der Waals surface area contributed by atoms with Crippen molar-refractivity contribution in [2.75, 3.05) is 38.7 Å². The van der Waals surface area contributed by atoms with Crippen LogP contribution in [0, 0.1) is 24.1 Å². The monoisotopic (exact) mass is 447 g/mol. The van der Waals surface area contributed by atoms with Crippen molar-refractivity contribution in [2.24, 2.45) is 0 Å². The number of nitrogens with zero attached hydrogens (tertiary/aromatic N) is 3. The maximum absolute atomic E-state index is 14.1. The number of anilines is 1. The highest BCUT2D eigenvalue weighted by atomic mass is 19.1. The van der Waals surface area contributed by atoms with Crippen LogP contribution >= 0.6 is 0 Å². The predicted octanol–water partition coefficient (Wildman–Crippen LogP) is 3.79. The molecule has 1 aliphatic rings. The molecule has 2 aromatic carbocycles. The van der Waals surface area contributed by atoms with E-state index in [0.29, 0.717) is 35.4 Å². The second-order valence-corrected chi connectivity index (χ2v) is 8.23. The SMILES string of the molecule is COCCN1C[C@@H](NC(=O)Nc2cc3cc(F)c(C#N)cc3nc2C)[C@H](c2ccccc2)C1. The highest BCUT2D eigenvalue weighted by molar-refractivity contribution is 5.93. The lowest BCUT2D eigenvalue weighted by Gasteiger charge is -2.21. The molecule has 0 radical (unpaired) electrons. The number of ether oxygens (including phenoxy) is 1. The van der Waals surface area contributed by atoms with Crippen molar-refractivity contribution in [3.63, 3.8) is 0 Å². The summed E-state index contributed by atoms with van der Waals surface area (Å²) in [5, 5.41) is 15.5. The fourth-order valence-electron chi connectivity index (χ4n) is 4.30. The Kier molecular flexibility index (Phi) is 6.82. The van der Waals surface area contributed by atoms with Gasteiger partial charge in [0.05, 0.1) is 35.1 Å². The molecule has 1 aromatic heterocycles. The third-order valence-electron chi connectivity index (χ3n) is 6.01. The highest BCUT2D eigenvalue weighted by Crippen LogP contribution is 2.28. The number of carbonyl (C=O) groups excluding carboxylic acids is 1. The molecule has 0 bridgehead atoms. The number of pyridine rings is 1. The summed E-state index contributed by atoms with van der Waals surface area (Å²) in [4.78, 5) is 19.6. The first kappa shape index (κ1) is 22.6. The zero-order chi connectivity index (χ0) is 23.4. The second-order valence-electron chi connectivity index (χ2n) is 8.23. The van der Waals surface area contributed by atoms with E-state index >= 15 is 0 Å². The van der Waals surface area contributed by atoms with Gasteiger partial charge in [0.2, 0.25) is 0 Å². The van der Waals surface area contributed by atoms with E-state index in [-0.39, 0.29) is 23.6 Å². The number of hydrogen-bond acceptors (Lipinski definition) is 5. The maximum atomic E-state index is 14.1. The Bertz CT molecular complexity index is 1190. The van der Waals surface area contributed by atoms with Crippen molar-refractivity contribution >= 4 is 22.6 Å². The van der Waals surface area contributed by atoms with Gasteiger partial charge in [0.25, 0.3) is 0 Å². The van der Waals surface area contributed by atoms with Gasteiger partial charge in [-0.25, -0.2) is 9.18 Å². The van der Waals surface area contributed by atoms with E-state index in [0.717, 1.165) is 13.1 Å². The number of nitrogens with one attached hydrogen (secondary N) is 2. The number of aromatic nitrogens is 1. The summed E-state index contributed by atoms with van der Waals surface area (Å²) < 4.78 is 19.3. The fraction of sp³-hybridized carbons (Fsp3) is 0.320. The molecule has 1 fully saturated rings.